The molecule has 1 unspecified atom stereocenters. The molecule has 1 aliphatic carbocycles. The second-order valence-electron chi connectivity index (χ2n) is 8.01. The zero-order valence-electron chi connectivity index (χ0n) is 19.4. The molecule has 2 atom stereocenters. The molecule has 1 aromatic rings. The molecule has 2 aliphatic heterocycles. The number of rotatable bonds is 10. The molecule has 4 rings (SSSR count). The van der Waals surface area contributed by atoms with E-state index in [1.54, 1.807) is 12.3 Å². The van der Waals surface area contributed by atoms with E-state index < -0.39 is 42.0 Å². The van der Waals surface area contributed by atoms with Crippen LogP contribution in [0.5, 0.6) is 0 Å². The fraction of sp³-hybridized carbons (Fsp3) is 0.455. The summed E-state index contributed by atoms with van der Waals surface area (Å²) in [5, 5.41) is 7.73. The van der Waals surface area contributed by atoms with E-state index in [0.29, 0.717) is 11.3 Å². The monoisotopic (exact) mass is 535 g/mol. The summed E-state index contributed by atoms with van der Waals surface area (Å²) >= 11 is 2.49. The standard InChI is InChI=1S/C22H25N5O7S2/c1-3-11-8-35-19-15(25-17(28)14(26-34-4-2)13-9-36-22(23)24-13)18(29)27(19)16(11)21(31)33-10-32-20(30)12-6-5-7-12/h3,9,12,15,19H,1,4-8,10H2,2H3,(H2,23,24)(H,25,28)/t15?,19-/m1/s1. The molecule has 14 heteroatoms. The molecular weight excluding hydrogens is 510 g/mol. The number of ether oxygens (including phenoxy) is 2. The molecule has 0 aromatic carbocycles. The Balaban J connectivity index is 1.42. The number of nitrogens with zero attached hydrogens (tertiary/aromatic N) is 3. The number of carbonyl (C=O) groups excluding carboxylic acids is 4. The van der Waals surface area contributed by atoms with Gasteiger partial charge in [-0.15, -0.1) is 23.1 Å². The van der Waals surface area contributed by atoms with Crippen LogP contribution in [0, 0.1) is 5.92 Å². The summed E-state index contributed by atoms with van der Waals surface area (Å²) in [7, 11) is 0. The zero-order chi connectivity index (χ0) is 25.8. The van der Waals surface area contributed by atoms with E-state index in [2.05, 4.69) is 22.0 Å². The smallest absolute Gasteiger partial charge is 0.358 e. The van der Waals surface area contributed by atoms with Crippen molar-refractivity contribution < 1.29 is 33.5 Å². The van der Waals surface area contributed by atoms with Crippen LogP contribution >= 0.6 is 23.1 Å². The Kier molecular flexibility index (Phi) is 7.94. The van der Waals surface area contributed by atoms with Crippen LogP contribution in [0.3, 0.4) is 0 Å². The average molecular weight is 536 g/mol. The van der Waals surface area contributed by atoms with Crippen LogP contribution in [0.25, 0.3) is 0 Å². The first-order valence-electron chi connectivity index (χ1n) is 11.2. The van der Waals surface area contributed by atoms with Gasteiger partial charge in [-0.3, -0.25) is 19.3 Å². The molecule has 1 saturated carbocycles. The number of allylic oxidation sites excluding steroid dienone is 1. The van der Waals surface area contributed by atoms with Gasteiger partial charge in [-0.05, 0) is 25.3 Å². The number of nitrogens with two attached hydrogens (primary N) is 1. The highest BCUT2D eigenvalue weighted by Gasteiger charge is 2.54. The lowest BCUT2D eigenvalue weighted by atomic mass is 9.86. The Morgan fingerprint density at radius 3 is 2.75 bits per heavy atom. The van der Waals surface area contributed by atoms with Crippen LogP contribution in [0.4, 0.5) is 5.13 Å². The second-order valence-corrected chi connectivity index (χ2v) is 10.0. The number of aromatic nitrogens is 1. The summed E-state index contributed by atoms with van der Waals surface area (Å²) < 4.78 is 10.2. The van der Waals surface area contributed by atoms with Gasteiger partial charge in [0.05, 0.1) is 5.92 Å². The number of carbonyl (C=O) groups is 4. The van der Waals surface area contributed by atoms with Crippen LogP contribution in [0.2, 0.25) is 0 Å². The fourth-order valence-electron chi connectivity index (χ4n) is 3.70. The van der Waals surface area contributed by atoms with Gasteiger partial charge in [0.25, 0.3) is 11.8 Å². The van der Waals surface area contributed by atoms with Crippen LogP contribution in [0.15, 0.2) is 34.5 Å². The Labute approximate surface area is 214 Å². The Hall–Kier alpha value is -3.39. The predicted molar refractivity (Wildman–Crippen MR) is 131 cm³/mol. The lowest BCUT2D eigenvalue weighted by Crippen LogP contribution is -2.71. The molecule has 0 bridgehead atoms. The van der Waals surface area contributed by atoms with Crippen molar-refractivity contribution in [1.29, 1.82) is 0 Å². The van der Waals surface area contributed by atoms with Crippen LogP contribution in [-0.4, -0.2) is 69.9 Å². The van der Waals surface area contributed by atoms with Crippen molar-refractivity contribution >= 4 is 57.7 Å². The molecule has 1 aromatic heterocycles. The van der Waals surface area contributed by atoms with Gasteiger partial charge in [-0.25, -0.2) is 9.78 Å². The molecule has 3 N–H and O–H groups in total. The summed E-state index contributed by atoms with van der Waals surface area (Å²) in [6.45, 7) is 5.10. The first kappa shape index (κ1) is 25.7. The molecular formula is C22H25N5O7S2. The Morgan fingerprint density at radius 2 is 2.14 bits per heavy atom. The van der Waals surface area contributed by atoms with Crippen LogP contribution < -0.4 is 11.1 Å². The number of β-lactam (4-membered cyclic amide) rings is 1. The maximum Gasteiger partial charge on any atom is 0.358 e. The largest absolute Gasteiger partial charge is 0.428 e. The maximum atomic E-state index is 13.0. The Bertz CT molecular complexity index is 1140. The number of hydrogen-bond donors (Lipinski definition) is 2. The summed E-state index contributed by atoms with van der Waals surface area (Å²) in [6.07, 6.45) is 3.97. The van der Waals surface area contributed by atoms with Gasteiger partial charge < -0.3 is 25.4 Å². The van der Waals surface area contributed by atoms with E-state index in [1.807, 2.05) is 0 Å². The number of esters is 2. The number of oxime groups is 1. The maximum absolute atomic E-state index is 13.0. The third kappa shape index (κ3) is 5.09. The topological polar surface area (TPSA) is 163 Å². The van der Waals surface area contributed by atoms with Crippen molar-refractivity contribution in [3.8, 4) is 0 Å². The molecule has 36 heavy (non-hydrogen) atoms. The van der Waals surface area contributed by atoms with E-state index in [-0.39, 0.29) is 34.8 Å². The van der Waals surface area contributed by atoms with Gasteiger partial charge in [0, 0.05) is 11.1 Å². The van der Waals surface area contributed by atoms with Gasteiger partial charge in [0.2, 0.25) is 6.79 Å². The lowest BCUT2D eigenvalue weighted by molar-refractivity contribution is -0.172. The highest BCUT2D eigenvalue weighted by Crippen LogP contribution is 2.41. The predicted octanol–water partition coefficient (Wildman–Crippen LogP) is 1.15. The summed E-state index contributed by atoms with van der Waals surface area (Å²) in [6, 6.07) is -0.920. The molecule has 0 radical (unpaired) electrons. The van der Waals surface area contributed by atoms with Gasteiger partial charge in [-0.2, -0.15) is 0 Å². The molecule has 0 spiro atoms. The number of thioether (sulfide) groups is 1. The quantitative estimate of drug-likeness (QED) is 0.146. The van der Waals surface area contributed by atoms with Crippen LogP contribution in [0.1, 0.15) is 31.9 Å². The summed E-state index contributed by atoms with van der Waals surface area (Å²) in [5.74, 6) is -2.19. The molecule has 2 amide bonds. The van der Waals surface area contributed by atoms with Gasteiger partial charge in [-0.1, -0.05) is 24.2 Å². The third-order valence-corrected chi connectivity index (χ3v) is 7.79. The lowest BCUT2D eigenvalue weighted by Gasteiger charge is -2.49. The molecule has 1 saturated heterocycles. The van der Waals surface area contributed by atoms with Crippen molar-refractivity contribution in [2.45, 2.75) is 37.6 Å². The normalized spacial score (nSPS) is 21.6. The average Bonchev–Trinajstić information content (AvgIpc) is 3.26. The summed E-state index contributed by atoms with van der Waals surface area (Å²) in [5.41, 5.74) is 6.29. The molecule has 3 aliphatic rings. The van der Waals surface area contributed by atoms with Crippen molar-refractivity contribution in [2.75, 3.05) is 24.9 Å². The number of nitrogens with one attached hydrogen (secondary N) is 1. The number of thiazole rings is 1. The van der Waals surface area contributed by atoms with Gasteiger partial charge in [0.15, 0.2) is 10.8 Å². The van der Waals surface area contributed by atoms with E-state index in [1.165, 1.54) is 22.7 Å². The fourth-order valence-corrected chi connectivity index (χ4v) is 5.59. The molecule has 192 valence electrons. The minimum absolute atomic E-state index is 0.0134. The van der Waals surface area contributed by atoms with Gasteiger partial charge >= 0.3 is 11.9 Å². The minimum Gasteiger partial charge on any atom is -0.428 e. The number of amides is 2. The molecule has 3 heterocycles. The van der Waals surface area contributed by atoms with E-state index in [0.717, 1.165) is 30.6 Å². The number of anilines is 1. The van der Waals surface area contributed by atoms with Crippen molar-refractivity contribution in [1.82, 2.24) is 15.2 Å². The highest BCUT2D eigenvalue weighted by atomic mass is 32.2. The van der Waals surface area contributed by atoms with Crippen molar-refractivity contribution in [3.05, 3.63) is 35.0 Å². The number of nitrogen functional groups attached to an aromatic ring is 1. The minimum atomic E-state index is -0.920. The highest BCUT2D eigenvalue weighted by molar-refractivity contribution is 8.00. The Morgan fingerprint density at radius 1 is 1.36 bits per heavy atom. The van der Waals surface area contributed by atoms with E-state index in [9.17, 15) is 19.2 Å². The molecule has 2 fully saturated rings. The van der Waals surface area contributed by atoms with E-state index in [4.69, 9.17) is 20.0 Å². The van der Waals surface area contributed by atoms with Crippen LogP contribution in [-0.2, 0) is 33.5 Å². The molecule has 12 nitrogen and oxygen atoms in total. The number of hydrogen-bond acceptors (Lipinski definition) is 12. The van der Waals surface area contributed by atoms with Crippen molar-refractivity contribution in [2.24, 2.45) is 11.1 Å². The third-order valence-electron chi connectivity index (χ3n) is 5.82. The van der Waals surface area contributed by atoms with E-state index >= 15 is 0 Å². The second kappa shape index (κ2) is 11.1. The van der Waals surface area contributed by atoms with Gasteiger partial charge in [0.1, 0.15) is 29.4 Å². The SMILES string of the molecule is C=CC1=C(C(=O)OCOC(=O)C2CCC2)N2C(=O)C(NC(=O)C(=NOCC)c3csc(N)n3)[C@H]2SC1. The first-order valence-corrected chi connectivity index (χ1v) is 13.1. The zero-order valence-corrected chi connectivity index (χ0v) is 21.1. The summed E-state index contributed by atoms with van der Waals surface area (Å²) in [4.78, 5) is 61.0. The number of fused-ring (bicyclic) bond motifs is 1. The van der Waals surface area contributed by atoms with Crippen molar-refractivity contribution in [3.63, 3.8) is 0 Å². The first-order chi connectivity index (χ1) is 17.3.